The van der Waals surface area contributed by atoms with E-state index in [-0.39, 0.29) is 5.91 Å². The predicted molar refractivity (Wildman–Crippen MR) is 54.1 cm³/mol. The Hall–Kier alpha value is -0.790. The van der Waals surface area contributed by atoms with Crippen LogP contribution in [0.5, 0.6) is 0 Å². The van der Waals surface area contributed by atoms with Gasteiger partial charge in [-0.05, 0) is 19.3 Å². The minimum Gasteiger partial charge on any atom is -0.366 e. The van der Waals surface area contributed by atoms with E-state index in [1.54, 1.807) is 6.92 Å². The van der Waals surface area contributed by atoms with Crippen LogP contribution in [-0.2, 0) is 4.79 Å². The van der Waals surface area contributed by atoms with Crippen LogP contribution in [0.3, 0.4) is 0 Å². The van der Waals surface area contributed by atoms with Crippen molar-refractivity contribution in [2.75, 3.05) is 0 Å². The summed E-state index contributed by atoms with van der Waals surface area (Å²) >= 11 is 0. The zero-order valence-electron chi connectivity index (χ0n) is 8.38. The fraction of sp³-hybridized carbons (Fsp3) is 0.727. The molecule has 13 heavy (non-hydrogen) atoms. The molecule has 74 valence electrons. The maximum atomic E-state index is 10.7. The van der Waals surface area contributed by atoms with Gasteiger partial charge in [0.1, 0.15) is 0 Å². The molecule has 1 aliphatic rings. The van der Waals surface area contributed by atoms with E-state index >= 15 is 0 Å². The molecule has 0 radical (unpaired) electrons. The van der Waals surface area contributed by atoms with Gasteiger partial charge in [-0.3, -0.25) is 4.79 Å². The molecule has 0 aromatic carbocycles. The number of hydrogen-bond donors (Lipinski definition) is 1. The van der Waals surface area contributed by atoms with Crippen LogP contribution in [-0.4, -0.2) is 5.91 Å². The number of carbonyl (C=O) groups is 1. The first kappa shape index (κ1) is 10.3. The van der Waals surface area contributed by atoms with Crippen molar-refractivity contribution < 1.29 is 4.79 Å². The van der Waals surface area contributed by atoms with Crippen molar-refractivity contribution in [3.05, 3.63) is 11.6 Å². The molecule has 0 unspecified atom stereocenters. The summed E-state index contributed by atoms with van der Waals surface area (Å²) < 4.78 is 0. The minimum atomic E-state index is -0.282. The van der Waals surface area contributed by atoms with Gasteiger partial charge in [0.25, 0.3) is 0 Å². The standard InChI is InChI=1S/C11H19NO/c1-9(11(12)13)7-8-10-5-3-2-4-6-10/h7,10H,2-6,8H2,1H3,(H2,12,13)/b9-7+. The number of hydrogen-bond acceptors (Lipinski definition) is 1. The van der Waals surface area contributed by atoms with Gasteiger partial charge in [0.05, 0.1) is 0 Å². The number of carbonyl (C=O) groups excluding carboxylic acids is 1. The molecule has 0 aromatic rings. The Morgan fingerprint density at radius 2 is 2.00 bits per heavy atom. The molecule has 2 nitrogen and oxygen atoms in total. The first-order valence-electron chi connectivity index (χ1n) is 5.16. The van der Waals surface area contributed by atoms with E-state index < -0.39 is 0 Å². The summed E-state index contributed by atoms with van der Waals surface area (Å²) in [5.74, 6) is 0.513. The number of nitrogens with two attached hydrogens (primary N) is 1. The van der Waals surface area contributed by atoms with Crippen LogP contribution in [0, 0.1) is 5.92 Å². The Balaban J connectivity index is 2.31. The number of amides is 1. The van der Waals surface area contributed by atoms with Crippen molar-refractivity contribution in [1.82, 2.24) is 0 Å². The van der Waals surface area contributed by atoms with Gasteiger partial charge in [-0.15, -0.1) is 0 Å². The molecular weight excluding hydrogens is 162 g/mol. The lowest BCUT2D eigenvalue weighted by molar-refractivity contribution is -0.114. The molecule has 1 amide bonds. The third kappa shape index (κ3) is 3.62. The van der Waals surface area contributed by atoms with Crippen LogP contribution in [0.1, 0.15) is 45.4 Å². The zero-order chi connectivity index (χ0) is 9.68. The van der Waals surface area contributed by atoms with Crippen molar-refractivity contribution in [3.8, 4) is 0 Å². The molecule has 0 heterocycles. The Labute approximate surface area is 80.2 Å². The molecule has 1 rings (SSSR count). The van der Waals surface area contributed by atoms with E-state index in [1.807, 2.05) is 6.08 Å². The number of primary amides is 1. The predicted octanol–water partition coefficient (Wildman–Crippen LogP) is 2.39. The van der Waals surface area contributed by atoms with E-state index in [1.165, 1.54) is 32.1 Å². The molecule has 0 bridgehead atoms. The topological polar surface area (TPSA) is 43.1 Å². The number of allylic oxidation sites excluding steroid dienone is 1. The molecule has 2 N–H and O–H groups in total. The van der Waals surface area contributed by atoms with Crippen molar-refractivity contribution in [2.45, 2.75) is 45.4 Å². The Bertz CT molecular complexity index is 202. The second-order valence-electron chi connectivity index (χ2n) is 3.99. The molecule has 0 aromatic heterocycles. The second-order valence-corrected chi connectivity index (χ2v) is 3.99. The van der Waals surface area contributed by atoms with Crippen LogP contribution < -0.4 is 5.73 Å². The minimum absolute atomic E-state index is 0.282. The fourth-order valence-corrected chi connectivity index (χ4v) is 1.87. The van der Waals surface area contributed by atoms with Gasteiger partial charge in [-0.25, -0.2) is 0 Å². The lowest BCUT2D eigenvalue weighted by atomic mass is 9.86. The van der Waals surface area contributed by atoms with Crippen molar-refractivity contribution in [2.24, 2.45) is 11.7 Å². The van der Waals surface area contributed by atoms with E-state index in [9.17, 15) is 4.79 Å². The zero-order valence-corrected chi connectivity index (χ0v) is 8.38. The summed E-state index contributed by atoms with van der Waals surface area (Å²) in [4.78, 5) is 10.7. The van der Waals surface area contributed by atoms with Crippen LogP contribution in [0.15, 0.2) is 11.6 Å². The maximum Gasteiger partial charge on any atom is 0.244 e. The molecule has 1 aliphatic carbocycles. The Morgan fingerprint density at radius 3 is 2.54 bits per heavy atom. The van der Waals surface area contributed by atoms with Gasteiger partial charge in [0.15, 0.2) is 0 Å². The van der Waals surface area contributed by atoms with Gasteiger partial charge >= 0.3 is 0 Å². The van der Waals surface area contributed by atoms with E-state index in [4.69, 9.17) is 5.73 Å². The van der Waals surface area contributed by atoms with Crippen molar-refractivity contribution >= 4 is 5.91 Å². The lowest BCUT2D eigenvalue weighted by Crippen LogP contribution is -2.12. The molecule has 0 aliphatic heterocycles. The van der Waals surface area contributed by atoms with Gasteiger partial charge in [0.2, 0.25) is 5.91 Å². The number of rotatable bonds is 3. The SMILES string of the molecule is C/C(=C\CC1CCCCC1)C(N)=O. The van der Waals surface area contributed by atoms with Gasteiger partial charge in [-0.1, -0.05) is 38.2 Å². The highest BCUT2D eigenvalue weighted by atomic mass is 16.1. The summed E-state index contributed by atoms with van der Waals surface area (Å²) in [6.07, 6.45) is 9.77. The summed E-state index contributed by atoms with van der Waals surface area (Å²) in [5, 5.41) is 0. The summed E-state index contributed by atoms with van der Waals surface area (Å²) in [5.41, 5.74) is 5.86. The third-order valence-electron chi connectivity index (χ3n) is 2.87. The second kappa shape index (κ2) is 5.05. The van der Waals surface area contributed by atoms with Crippen LogP contribution >= 0.6 is 0 Å². The smallest absolute Gasteiger partial charge is 0.244 e. The van der Waals surface area contributed by atoms with E-state index in [2.05, 4.69) is 0 Å². The monoisotopic (exact) mass is 181 g/mol. The Kier molecular flexibility index (Phi) is 4.00. The molecule has 0 saturated heterocycles. The average Bonchev–Trinajstić information content (AvgIpc) is 2.15. The lowest BCUT2D eigenvalue weighted by Gasteiger charge is -2.19. The largest absolute Gasteiger partial charge is 0.366 e. The highest BCUT2D eigenvalue weighted by molar-refractivity contribution is 5.91. The van der Waals surface area contributed by atoms with Gasteiger partial charge < -0.3 is 5.73 Å². The van der Waals surface area contributed by atoms with Crippen molar-refractivity contribution in [3.63, 3.8) is 0 Å². The van der Waals surface area contributed by atoms with E-state index in [0.29, 0.717) is 5.57 Å². The molecule has 0 spiro atoms. The van der Waals surface area contributed by atoms with Gasteiger partial charge in [-0.2, -0.15) is 0 Å². The highest BCUT2D eigenvalue weighted by Gasteiger charge is 2.11. The first-order valence-corrected chi connectivity index (χ1v) is 5.16. The maximum absolute atomic E-state index is 10.7. The summed E-state index contributed by atoms with van der Waals surface area (Å²) in [6.45, 7) is 1.80. The fourth-order valence-electron chi connectivity index (χ4n) is 1.87. The molecule has 2 heteroatoms. The quantitative estimate of drug-likeness (QED) is 0.667. The van der Waals surface area contributed by atoms with Crippen LogP contribution in [0.2, 0.25) is 0 Å². The normalized spacial score (nSPS) is 20.2. The molecule has 1 fully saturated rings. The molecule has 0 atom stereocenters. The van der Waals surface area contributed by atoms with E-state index in [0.717, 1.165) is 12.3 Å². The summed E-state index contributed by atoms with van der Waals surface area (Å²) in [6, 6.07) is 0. The van der Waals surface area contributed by atoms with Crippen LogP contribution in [0.25, 0.3) is 0 Å². The van der Waals surface area contributed by atoms with Crippen LogP contribution in [0.4, 0.5) is 0 Å². The average molecular weight is 181 g/mol. The molecular formula is C11H19NO. The highest BCUT2D eigenvalue weighted by Crippen LogP contribution is 2.26. The van der Waals surface area contributed by atoms with Gasteiger partial charge in [0, 0.05) is 5.57 Å². The first-order chi connectivity index (χ1) is 6.20. The Morgan fingerprint density at radius 1 is 1.38 bits per heavy atom. The summed E-state index contributed by atoms with van der Waals surface area (Å²) in [7, 11) is 0. The van der Waals surface area contributed by atoms with Crippen molar-refractivity contribution in [1.29, 1.82) is 0 Å². The molecule has 1 saturated carbocycles. The third-order valence-corrected chi connectivity index (χ3v) is 2.87.